The van der Waals surface area contributed by atoms with E-state index in [-0.39, 0.29) is 11.9 Å². The number of benzene rings is 1. The number of likely N-dealkylation sites (tertiary alicyclic amines) is 1. The number of carbonyl (C=O) groups is 1. The topological polar surface area (TPSA) is 51.1 Å². The molecule has 0 bridgehead atoms. The Morgan fingerprint density at radius 3 is 2.80 bits per heavy atom. The summed E-state index contributed by atoms with van der Waals surface area (Å²) in [5.41, 5.74) is 0.854. The van der Waals surface area contributed by atoms with Crippen molar-refractivity contribution >= 4 is 12.3 Å². The molecule has 5 heteroatoms. The number of aliphatic imine (C=N–C) groups is 1. The van der Waals surface area contributed by atoms with Gasteiger partial charge >= 0.3 is 0 Å². The van der Waals surface area contributed by atoms with Gasteiger partial charge in [0.2, 0.25) is 6.40 Å². The van der Waals surface area contributed by atoms with E-state index in [0.29, 0.717) is 0 Å². The Bertz CT molecular complexity index is 461. The van der Waals surface area contributed by atoms with Gasteiger partial charge in [0.05, 0.1) is 7.11 Å². The fourth-order valence-electron chi connectivity index (χ4n) is 2.47. The van der Waals surface area contributed by atoms with Gasteiger partial charge in [-0.25, -0.2) is 4.99 Å². The van der Waals surface area contributed by atoms with Crippen LogP contribution in [-0.2, 0) is 14.6 Å². The number of hydrogen-bond acceptors (Lipinski definition) is 4. The summed E-state index contributed by atoms with van der Waals surface area (Å²) in [6.45, 7) is 2.87. The average molecular weight is 276 g/mol. The van der Waals surface area contributed by atoms with Crippen molar-refractivity contribution in [2.24, 2.45) is 4.99 Å². The lowest BCUT2D eigenvalue weighted by Crippen LogP contribution is -2.37. The number of nitrogens with zero attached hydrogens (tertiary/aromatic N) is 2. The van der Waals surface area contributed by atoms with Crippen LogP contribution in [0.1, 0.15) is 31.4 Å². The molecule has 0 spiro atoms. The van der Waals surface area contributed by atoms with Crippen LogP contribution in [0.5, 0.6) is 0 Å². The number of amides is 1. The molecule has 1 aliphatic heterocycles. The van der Waals surface area contributed by atoms with Crippen molar-refractivity contribution in [2.45, 2.75) is 31.8 Å². The molecule has 0 radical (unpaired) electrons. The zero-order valence-corrected chi connectivity index (χ0v) is 11.9. The molecule has 0 unspecified atom stereocenters. The van der Waals surface area contributed by atoms with Crippen LogP contribution in [-0.4, -0.2) is 36.9 Å². The molecular weight excluding hydrogens is 256 g/mol. The molecule has 2 atom stereocenters. The van der Waals surface area contributed by atoms with Gasteiger partial charge in [-0.2, -0.15) is 4.89 Å². The quantitative estimate of drug-likeness (QED) is 0.359. The monoisotopic (exact) mass is 276 g/mol. The maximum absolute atomic E-state index is 12.7. The zero-order valence-electron chi connectivity index (χ0n) is 11.9. The summed E-state index contributed by atoms with van der Waals surface area (Å²) >= 11 is 0. The van der Waals surface area contributed by atoms with E-state index in [4.69, 9.17) is 0 Å². The van der Waals surface area contributed by atoms with E-state index in [1.807, 2.05) is 35.2 Å². The molecule has 0 aliphatic carbocycles. The normalized spacial score (nSPS) is 20.3. The zero-order chi connectivity index (χ0) is 14.4. The Labute approximate surface area is 119 Å². The standard InChI is InChI=1S/C15H20N2O3/c1-12-7-6-10-17(12)15(18)14(16-11-20-19-2)13-8-4-3-5-9-13/h3-5,8-9,11-12,14H,6-7,10H2,1-2H3/b16-11-/t12-,14-/m1/s1. The third-order valence-electron chi connectivity index (χ3n) is 3.53. The summed E-state index contributed by atoms with van der Waals surface area (Å²) in [4.78, 5) is 27.9. The molecule has 0 aromatic heterocycles. The minimum atomic E-state index is -0.577. The second kappa shape index (κ2) is 7.05. The second-order valence-electron chi connectivity index (χ2n) is 4.85. The Kier molecular flexibility index (Phi) is 5.12. The van der Waals surface area contributed by atoms with Crippen molar-refractivity contribution in [2.75, 3.05) is 13.7 Å². The molecule has 0 N–H and O–H groups in total. The van der Waals surface area contributed by atoms with Crippen molar-refractivity contribution in [3.8, 4) is 0 Å². The van der Waals surface area contributed by atoms with Gasteiger partial charge in [-0.05, 0) is 25.3 Å². The van der Waals surface area contributed by atoms with E-state index in [9.17, 15) is 4.79 Å². The molecule has 0 saturated carbocycles. The molecule has 1 aliphatic rings. The molecule has 1 heterocycles. The molecule has 108 valence electrons. The van der Waals surface area contributed by atoms with Crippen LogP contribution < -0.4 is 0 Å². The van der Waals surface area contributed by atoms with E-state index in [1.54, 1.807) is 0 Å². The second-order valence-corrected chi connectivity index (χ2v) is 4.85. The van der Waals surface area contributed by atoms with Crippen LogP contribution in [0.4, 0.5) is 0 Å². The Balaban J connectivity index is 2.20. The molecule has 5 nitrogen and oxygen atoms in total. The highest BCUT2D eigenvalue weighted by molar-refractivity contribution is 5.85. The summed E-state index contributed by atoms with van der Waals surface area (Å²) in [6.07, 6.45) is 3.27. The van der Waals surface area contributed by atoms with Crippen molar-refractivity contribution in [3.05, 3.63) is 35.9 Å². The van der Waals surface area contributed by atoms with Gasteiger partial charge in [-0.15, -0.1) is 0 Å². The molecule has 1 amide bonds. The predicted octanol–water partition coefficient (Wildman–Crippen LogP) is 2.34. The van der Waals surface area contributed by atoms with Gasteiger partial charge in [-0.1, -0.05) is 30.3 Å². The van der Waals surface area contributed by atoms with Gasteiger partial charge in [-0.3, -0.25) is 4.79 Å². The first-order chi connectivity index (χ1) is 9.74. The molecule has 2 rings (SSSR count). The largest absolute Gasteiger partial charge is 0.338 e. The Morgan fingerprint density at radius 2 is 2.20 bits per heavy atom. The van der Waals surface area contributed by atoms with Crippen LogP contribution in [0.2, 0.25) is 0 Å². The molecule has 20 heavy (non-hydrogen) atoms. The smallest absolute Gasteiger partial charge is 0.252 e. The van der Waals surface area contributed by atoms with Crippen LogP contribution in [0.15, 0.2) is 35.3 Å². The maximum atomic E-state index is 12.7. The summed E-state index contributed by atoms with van der Waals surface area (Å²) in [7, 11) is 1.40. The average Bonchev–Trinajstić information content (AvgIpc) is 2.90. The van der Waals surface area contributed by atoms with Crippen LogP contribution in [0.3, 0.4) is 0 Å². The summed E-state index contributed by atoms with van der Waals surface area (Å²) in [5.74, 6) is 0.0113. The van der Waals surface area contributed by atoms with E-state index in [2.05, 4.69) is 21.7 Å². The third kappa shape index (κ3) is 3.36. The SMILES string of the molecule is COO/C=N\[C@@H](C(=O)N1CCC[C@H]1C)c1ccccc1. The highest BCUT2D eigenvalue weighted by Gasteiger charge is 2.31. The molecular formula is C15H20N2O3. The molecule has 1 saturated heterocycles. The van der Waals surface area contributed by atoms with E-state index >= 15 is 0 Å². The van der Waals surface area contributed by atoms with Crippen LogP contribution >= 0.6 is 0 Å². The van der Waals surface area contributed by atoms with Crippen molar-refractivity contribution in [3.63, 3.8) is 0 Å². The summed E-state index contributed by atoms with van der Waals surface area (Å²) in [6, 6.07) is 9.20. The van der Waals surface area contributed by atoms with E-state index < -0.39 is 6.04 Å². The molecule has 1 aromatic carbocycles. The van der Waals surface area contributed by atoms with Gasteiger partial charge in [0.15, 0.2) is 6.04 Å². The lowest BCUT2D eigenvalue weighted by atomic mass is 10.1. The fourth-order valence-corrected chi connectivity index (χ4v) is 2.47. The lowest BCUT2D eigenvalue weighted by molar-refractivity contribution is -0.188. The first-order valence-electron chi connectivity index (χ1n) is 6.80. The highest BCUT2D eigenvalue weighted by Crippen LogP contribution is 2.25. The highest BCUT2D eigenvalue weighted by atomic mass is 17.2. The summed E-state index contributed by atoms with van der Waals surface area (Å²) in [5, 5.41) is 0. The van der Waals surface area contributed by atoms with Crippen molar-refractivity contribution in [1.29, 1.82) is 0 Å². The minimum absolute atomic E-state index is 0.0113. The maximum Gasteiger partial charge on any atom is 0.252 e. The van der Waals surface area contributed by atoms with Crippen LogP contribution in [0.25, 0.3) is 0 Å². The first kappa shape index (κ1) is 14.5. The first-order valence-corrected chi connectivity index (χ1v) is 6.80. The molecule has 1 aromatic rings. The predicted molar refractivity (Wildman–Crippen MR) is 76.2 cm³/mol. The molecule has 1 fully saturated rings. The minimum Gasteiger partial charge on any atom is -0.338 e. The van der Waals surface area contributed by atoms with Gasteiger partial charge in [0.1, 0.15) is 0 Å². The van der Waals surface area contributed by atoms with Crippen molar-refractivity contribution in [1.82, 2.24) is 4.90 Å². The van der Waals surface area contributed by atoms with Gasteiger partial charge in [0.25, 0.3) is 5.91 Å². The third-order valence-corrected chi connectivity index (χ3v) is 3.53. The number of rotatable bonds is 5. The number of hydrogen-bond donors (Lipinski definition) is 0. The van der Waals surface area contributed by atoms with E-state index in [0.717, 1.165) is 24.9 Å². The fraction of sp³-hybridized carbons (Fsp3) is 0.467. The number of carbonyl (C=O) groups excluding carboxylic acids is 1. The van der Waals surface area contributed by atoms with Crippen molar-refractivity contribution < 1.29 is 14.6 Å². The van der Waals surface area contributed by atoms with Crippen LogP contribution in [0, 0.1) is 0 Å². The summed E-state index contributed by atoms with van der Waals surface area (Å²) < 4.78 is 0. The Hall–Kier alpha value is -1.88. The lowest BCUT2D eigenvalue weighted by Gasteiger charge is -2.25. The van der Waals surface area contributed by atoms with Gasteiger partial charge in [0, 0.05) is 12.6 Å². The van der Waals surface area contributed by atoms with E-state index in [1.165, 1.54) is 13.5 Å². The van der Waals surface area contributed by atoms with Gasteiger partial charge < -0.3 is 9.79 Å². The Morgan fingerprint density at radius 1 is 1.45 bits per heavy atom.